The highest BCUT2D eigenvalue weighted by Crippen LogP contribution is 2.25. The molecule has 8 nitrogen and oxygen atoms in total. The fraction of sp³-hybridized carbons (Fsp3) is 0.133. The van der Waals surface area contributed by atoms with Gasteiger partial charge in [0.1, 0.15) is 17.4 Å². The van der Waals surface area contributed by atoms with Crippen LogP contribution in [-0.2, 0) is 4.74 Å². The first kappa shape index (κ1) is 16.1. The number of hydrogen-bond acceptors (Lipinski definition) is 9. The summed E-state index contributed by atoms with van der Waals surface area (Å²) in [6.45, 7) is 1.90. The SMILES string of the molecule is COC(=O)c1ccc(C)c(Nc2ncnc3cnc(SO)nc23)c1. The Morgan fingerprint density at radius 2 is 2.12 bits per heavy atom. The van der Waals surface area contributed by atoms with E-state index in [1.54, 1.807) is 12.1 Å². The van der Waals surface area contributed by atoms with Crippen LogP contribution in [0.15, 0.2) is 35.9 Å². The molecule has 0 aliphatic heterocycles. The van der Waals surface area contributed by atoms with E-state index >= 15 is 0 Å². The smallest absolute Gasteiger partial charge is 0.337 e. The molecule has 0 amide bonds. The Morgan fingerprint density at radius 3 is 2.88 bits per heavy atom. The summed E-state index contributed by atoms with van der Waals surface area (Å²) in [7, 11) is 1.33. The quantitative estimate of drug-likeness (QED) is 0.419. The Balaban J connectivity index is 2.05. The minimum atomic E-state index is -0.424. The van der Waals surface area contributed by atoms with Gasteiger partial charge in [-0.25, -0.2) is 24.7 Å². The zero-order valence-electron chi connectivity index (χ0n) is 12.8. The molecule has 0 saturated carbocycles. The lowest BCUT2D eigenvalue weighted by Gasteiger charge is -2.11. The zero-order chi connectivity index (χ0) is 17.1. The van der Waals surface area contributed by atoms with Crippen molar-refractivity contribution in [3.8, 4) is 0 Å². The Hall–Kier alpha value is -2.78. The van der Waals surface area contributed by atoms with Crippen molar-refractivity contribution in [3.05, 3.63) is 41.9 Å². The van der Waals surface area contributed by atoms with Crippen LogP contribution in [0, 0.1) is 6.92 Å². The van der Waals surface area contributed by atoms with Crippen LogP contribution >= 0.6 is 12.0 Å². The topological polar surface area (TPSA) is 110 Å². The number of hydrogen-bond donors (Lipinski definition) is 2. The van der Waals surface area contributed by atoms with Gasteiger partial charge in [0, 0.05) is 5.69 Å². The predicted molar refractivity (Wildman–Crippen MR) is 89.4 cm³/mol. The van der Waals surface area contributed by atoms with Crippen LogP contribution in [0.5, 0.6) is 0 Å². The molecule has 2 aromatic heterocycles. The second-order valence-corrected chi connectivity index (χ2v) is 5.39. The van der Waals surface area contributed by atoms with Gasteiger partial charge in [-0.15, -0.1) is 0 Å². The number of rotatable bonds is 4. The lowest BCUT2D eigenvalue weighted by Crippen LogP contribution is -2.04. The highest BCUT2D eigenvalue weighted by molar-refractivity contribution is 7.93. The highest BCUT2D eigenvalue weighted by Gasteiger charge is 2.12. The number of carbonyl (C=O) groups excluding carboxylic acids is 1. The third-order valence-corrected chi connectivity index (χ3v) is 3.71. The monoisotopic (exact) mass is 343 g/mol. The average molecular weight is 343 g/mol. The van der Waals surface area contributed by atoms with Crippen LogP contribution in [0.4, 0.5) is 11.5 Å². The lowest BCUT2D eigenvalue weighted by atomic mass is 10.1. The molecule has 0 spiro atoms. The summed E-state index contributed by atoms with van der Waals surface area (Å²) in [5.74, 6) is 0.0229. The number of methoxy groups -OCH3 is 1. The van der Waals surface area contributed by atoms with Gasteiger partial charge >= 0.3 is 5.97 Å². The lowest BCUT2D eigenvalue weighted by molar-refractivity contribution is 0.0601. The fourth-order valence-corrected chi connectivity index (χ4v) is 2.33. The Kier molecular flexibility index (Phi) is 4.54. The minimum Gasteiger partial charge on any atom is -0.465 e. The summed E-state index contributed by atoms with van der Waals surface area (Å²) in [6, 6.07) is 5.17. The van der Waals surface area contributed by atoms with Gasteiger partial charge < -0.3 is 14.6 Å². The maximum Gasteiger partial charge on any atom is 0.337 e. The maximum absolute atomic E-state index is 11.7. The molecule has 0 saturated heterocycles. The van der Waals surface area contributed by atoms with E-state index < -0.39 is 5.97 Å². The van der Waals surface area contributed by atoms with Crippen molar-refractivity contribution in [2.75, 3.05) is 12.4 Å². The van der Waals surface area contributed by atoms with Crippen LogP contribution in [0.25, 0.3) is 11.0 Å². The molecule has 0 radical (unpaired) electrons. The number of aryl methyl sites for hydroxylation is 1. The second-order valence-electron chi connectivity index (χ2n) is 4.85. The summed E-state index contributed by atoms with van der Waals surface area (Å²) < 4.78 is 13.9. The average Bonchev–Trinajstić information content (AvgIpc) is 2.62. The fourth-order valence-electron chi connectivity index (χ4n) is 2.10. The molecule has 2 heterocycles. The Morgan fingerprint density at radius 1 is 1.29 bits per heavy atom. The number of nitrogens with zero attached hydrogens (tertiary/aromatic N) is 4. The van der Waals surface area contributed by atoms with E-state index in [4.69, 9.17) is 9.29 Å². The van der Waals surface area contributed by atoms with Crippen LogP contribution in [0.1, 0.15) is 15.9 Å². The molecular formula is C15H13N5O3S. The van der Waals surface area contributed by atoms with E-state index in [-0.39, 0.29) is 5.16 Å². The molecule has 0 aliphatic rings. The van der Waals surface area contributed by atoms with Gasteiger partial charge in [-0.3, -0.25) is 0 Å². The van der Waals surface area contributed by atoms with Gasteiger partial charge in [0.05, 0.1) is 30.9 Å². The van der Waals surface area contributed by atoms with Gasteiger partial charge in [-0.2, -0.15) is 0 Å². The molecule has 2 N–H and O–H groups in total. The molecule has 0 unspecified atom stereocenters. The standard InChI is InChI=1S/C15H13N5O3S/c1-8-3-4-9(14(21)23-2)5-10(8)19-13-12-11(17-7-18-13)6-16-15(20-12)24-22/h3-7,22H,1-2H3,(H,17,18,19). The van der Waals surface area contributed by atoms with Crippen molar-refractivity contribution in [2.45, 2.75) is 12.1 Å². The summed E-state index contributed by atoms with van der Waals surface area (Å²) in [6.07, 6.45) is 2.89. The molecule has 0 atom stereocenters. The Labute approximate surface area is 141 Å². The molecule has 0 bridgehead atoms. The number of anilines is 2. The third kappa shape index (κ3) is 3.12. The molecule has 24 heavy (non-hydrogen) atoms. The first-order valence-electron chi connectivity index (χ1n) is 6.87. The summed E-state index contributed by atoms with van der Waals surface area (Å²) >= 11 is 0.444. The number of esters is 1. The van der Waals surface area contributed by atoms with Gasteiger partial charge in [-0.1, -0.05) is 6.07 Å². The molecule has 0 aliphatic carbocycles. The molecule has 3 rings (SSSR count). The van der Waals surface area contributed by atoms with E-state index in [1.165, 1.54) is 19.6 Å². The molecule has 1 aromatic carbocycles. The van der Waals surface area contributed by atoms with Crippen molar-refractivity contribution in [1.82, 2.24) is 19.9 Å². The van der Waals surface area contributed by atoms with Crippen LogP contribution < -0.4 is 5.32 Å². The number of fused-ring (bicyclic) bond motifs is 1. The van der Waals surface area contributed by atoms with Crippen molar-refractivity contribution >= 4 is 40.6 Å². The molecule has 122 valence electrons. The van der Waals surface area contributed by atoms with E-state index in [2.05, 4.69) is 25.3 Å². The maximum atomic E-state index is 11.7. The van der Waals surface area contributed by atoms with Gasteiger partial charge in [0.25, 0.3) is 0 Å². The predicted octanol–water partition coefficient (Wildman–Crippen LogP) is 2.82. The number of aromatic nitrogens is 4. The number of nitrogens with one attached hydrogen (secondary N) is 1. The zero-order valence-corrected chi connectivity index (χ0v) is 13.7. The first-order chi connectivity index (χ1) is 11.6. The third-order valence-electron chi connectivity index (χ3n) is 3.35. The molecule has 9 heteroatoms. The molecular weight excluding hydrogens is 330 g/mol. The molecule has 3 aromatic rings. The van der Waals surface area contributed by atoms with Gasteiger partial charge in [0.2, 0.25) is 5.16 Å². The van der Waals surface area contributed by atoms with Crippen molar-refractivity contribution < 1.29 is 14.1 Å². The number of carbonyl (C=O) groups is 1. The van der Waals surface area contributed by atoms with Crippen LogP contribution in [0.2, 0.25) is 0 Å². The van der Waals surface area contributed by atoms with E-state index in [0.29, 0.717) is 40.1 Å². The molecule has 0 fully saturated rings. The van der Waals surface area contributed by atoms with E-state index in [9.17, 15) is 4.79 Å². The summed E-state index contributed by atoms with van der Waals surface area (Å²) in [5, 5.41) is 3.34. The number of benzene rings is 1. The summed E-state index contributed by atoms with van der Waals surface area (Å²) in [5.41, 5.74) is 3.03. The van der Waals surface area contributed by atoms with Gasteiger partial charge in [0.15, 0.2) is 5.82 Å². The Bertz CT molecular complexity index is 919. The highest BCUT2D eigenvalue weighted by atomic mass is 32.2. The van der Waals surface area contributed by atoms with E-state index in [1.807, 2.05) is 13.0 Å². The number of ether oxygens (including phenoxy) is 1. The minimum absolute atomic E-state index is 0.195. The largest absolute Gasteiger partial charge is 0.465 e. The van der Waals surface area contributed by atoms with Crippen LogP contribution in [0.3, 0.4) is 0 Å². The van der Waals surface area contributed by atoms with Crippen LogP contribution in [-0.4, -0.2) is 37.6 Å². The van der Waals surface area contributed by atoms with Crippen molar-refractivity contribution in [2.24, 2.45) is 0 Å². The van der Waals surface area contributed by atoms with Gasteiger partial charge in [-0.05, 0) is 24.6 Å². The van der Waals surface area contributed by atoms with Crippen molar-refractivity contribution in [3.63, 3.8) is 0 Å². The van der Waals surface area contributed by atoms with Crippen molar-refractivity contribution in [1.29, 1.82) is 0 Å². The van der Waals surface area contributed by atoms with E-state index in [0.717, 1.165) is 5.56 Å². The summed E-state index contributed by atoms with van der Waals surface area (Å²) in [4.78, 5) is 28.2. The first-order valence-corrected chi connectivity index (χ1v) is 7.65. The second kappa shape index (κ2) is 6.77. The normalized spacial score (nSPS) is 10.6.